The van der Waals surface area contributed by atoms with E-state index >= 15 is 0 Å². The number of morpholine rings is 1. The summed E-state index contributed by atoms with van der Waals surface area (Å²) in [6, 6.07) is 0.0732. The standard InChI is InChI=1S/C13H23BrN4O/c1-4-18-11(13(14)10(3)16-18)7-17-5-6-19-12(8-17)9(2)15/h9,12H,4-8,15H2,1-3H3. The Morgan fingerprint density at radius 2 is 2.32 bits per heavy atom. The third-order valence-electron chi connectivity index (χ3n) is 3.59. The van der Waals surface area contributed by atoms with Gasteiger partial charge in [-0.15, -0.1) is 0 Å². The molecule has 0 spiro atoms. The minimum absolute atomic E-state index is 0.0732. The van der Waals surface area contributed by atoms with Crippen molar-refractivity contribution in [1.82, 2.24) is 14.7 Å². The molecular formula is C13H23BrN4O. The number of nitrogens with zero attached hydrogens (tertiary/aromatic N) is 3. The van der Waals surface area contributed by atoms with E-state index in [1.165, 1.54) is 5.69 Å². The second-order valence-corrected chi connectivity index (χ2v) is 5.96. The molecule has 0 amide bonds. The first-order valence-electron chi connectivity index (χ1n) is 6.84. The quantitative estimate of drug-likeness (QED) is 0.909. The van der Waals surface area contributed by atoms with Gasteiger partial charge in [-0.05, 0) is 36.7 Å². The van der Waals surface area contributed by atoms with Gasteiger partial charge < -0.3 is 10.5 Å². The van der Waals surface area contributed by atoms with E-state index in [0.29, 0.717) is 0 Å². The van der Waals surface area contributed by atoms with Gasteiger partial charge in [0.05, 0.1) is 28.6 Å². The summed E-state index contributed by atoms with van der Waals surface area (Å²) in [5.41, 5.74) is 8.23. The zero-order valence-corrected chi connectivity index (χ0v) is 13.5. The van der Waals surface area contributed by atoms with Gasteiger partial charge >= 0.3 is 0 Å². The minimum atomic E-state index is 0.0732. The van der Waals surface area contributed by atoms with Crippen molar-refractivity contribution in [3.63, 3.8) is 0 Å². The highest BCUT2D eigenvalue weighted by atomic mass is 79.9. The molecular weight excluding hydrogens is 308 g/mol. The zero-order valence-electron chi connectivity index (χ0n) is 11.9. The van der Waals surface area contributed by atoms with Gasteiger partial charge in [0.15, 0.2) is 0 Å². The third kappa shape index (κ3) is 3.37. The fourth-order valence-electron chi connectivity index (χ4n) is 2.43. The first-order chi connectivity index (χ1) is 9.02. The molecule has 1 aromatic heterocycles. The lowest BCUT2D eigenvalue weighted by molar-refractivity contribution is -0.0410. The maximum Gasteiger partial charge on any atom is 0.0850 e. The van der Waals surface area contributed by atoms with E-state index in [9.17, 15) is 0 Å². The van der Waals surface area contributed by atoms with Crippen LogP contribution in [-0.4, -0.2) is 46.5 Å². The largest absolute Gasteiger partial charge is 0.374 e. The van der Waals surface area contributed by atoms with Crippen molar-refractivity contribution in [2.24, 2.45) is 5.73 Å². The van der Waals surface area contributed by atoms with Gasteiger partial charge in [0, 0.05) is 32.2 Å². The maximum atomic E-state index is 5.93. The van der Waals surface area contributed by atoms with Crippen LogP contribution in [0.15, 0.2) is 4.47 Å². The third-order valence-corrected chi connectivity index (χ3v) is 4.62. The van der Waals surface area contributed by atoms with E-state index in [4.69, 9.17) is 10.5 Å². The summed E-state index contributed by atoms with van der Waals surface area (Å²) >= 11 is 3.65. The Hall–Kier alpha value is -0.430. The highest BCUT2D eigenvalue weighted by molar-refractivity contribution is 9.10. The molecule has 2 rings (SSSR count). The van der Waals surface area contributed by atoms with Gasteiger partial charge in [-0.25, -0.2) is 0 Å². The molecule has 108 valence electrons. The maximum absolute atomic E-state index is 5.93. The molecule has 2 unspecified atom stereocenters. The summed E-state index contributed by atoms with van der Waals surface area (Å²) in [4.78, 5) is 2.39. The van der Waals surface area contributed by atoms with Crippen LogP contribution in [0.2, 0.25) is 0 Å². The van der Waals surface area contributed by atoms with Crippen molar-refractivity contribution < 1.29 is 4.74 Å². The molecule has 0 aromatic carbocycles. The minimum Gasteiger partial charge on any atom is -0.374 e. The van der Waals surface area contributed by atoms with E-state index in [1.807, 2.05) is 13.8 Å². The fourth-order valence-corrected chi connectivity index (χ4v) is 2.83. The van der Waals surface area contributed by atoms with Gasteiger partial charge in [0.1, 0.15) is 0 Å². The monoisotopic (exact) mass is 330 g/mol. The van der Waals surface area contributed by atoms with Crippen LogP contribution in [0.3, 0.4) is 0 Å². The lowest BCUT2D eigenvalue weighted by Gasteiger charge is -2.34. The molecule has 1 saturated heterocycles. The topological polar surface area (TPSA) is 56.3 Å². The molecule has 0 bridgehead atoms. The van der Waals surface area contributed by atoms with Crippen LogP contribution in [0.4, 0.5) is 0 Å². The SMILES string of the molecule is CCn1nc(C)c(Br)c1CN1CCOC(C(C)N)C1. The van der Waals surface area contributed by atoms with E-state index in [2.05, 4.69) is 37.5 Å². The molecule has 2 atom stereocenters. The summed E-state index contributed by atoms with van der Waals surface area (Å²) in [5, 5.41) is 4.54. The van der Waals surface area contributed by atoms with Crippen molar-refractivity contribution in [2.45, 2.75) is 46.0 Å². The molecule has 0 radical (unpaired) electrons. The van der Waals surface area contributed by atoms with E-state index in [1.54, 1.807) is 0 Å². The Bertz CT molecular complexity index is 433. The molecule has 5 nitrogen and oxygen atoms in total. The zero-order chi connectivity index (χ0) is 14.0. The van der Waals surface area contributed by atoms with Crippen LogP contribution >= 0.6 is 15.9 Å². The van der Waals surface area contributed by atoms with Gasteiger partial charge in [-0.2, -0.15) is 5.10 Å². The van der Waals surface area contributed by atoms with Crippen LogP contribution in [0.1, 0.15) is 25.2 Å². The smallest absolute Gasteiger partial charge is 0.0850 e. The Kier molecular flexibility index (Phi) is 5.00. The average molecular weight is 331 g/mol. The molecule has 1 fully saturated rings. The van der Waals surface area contributed by atoms with Gasteiger partial charge in [-0.3, -0.25) is 9.58 Å². The predicted octanol–water partition coefficient (Wildman–Crippen LogP) is 1.52. The molecule has 2 N–H and O–H groups in total. The summed E-state index contributed by atoms with van der Waals surface area (Å²) < 4.78 is 8.89. The number of ether oxygens (including phenoxy) is 1. The van der Waals surface area contributed by atoms with Crippen LogP contribution in [0.25, 0.3) is 0 Å². The second-order valence-electron chi connectivity index (χ2n) is 5.17. The van der Waals surface area contributed by atoms with Gasteiger partial charge in [0.25, 0.3) is 0 Å². The van der Waals surface area contributed by atoms with Crippen LogP contribution in [0.5, 0.6) is 0 Å². The molecule has 2 heterocycles. The van der Waals surface area contributed by atoms with Crippen molar-refractivity contribution in [3.8, 4) is 0 Å². The Morgan fingerprint density at radius 1 is 1.58 bits per heavy atom. The Labute approximate surface area is 123 Å². The number of rotatable bonds is 4. The average Bonchev–Trinajstić information content (AvgIpc) is 2.67. The van der Waals surface area contributed by atoms with Crippen molar-refractivity contribution in [3.05, 3.63) is 15.9 Å². The second kappa shape index (κ2) is 6.35. The van der Waals surface area contributed by atoms with Crippen LogP contribution in [-0.2, 0) is 17.8 Å². The lowest BCUT2D eigenvalue weighted by Crippen LogP contribution is -2.49. The van der Waals surface area contributed by atoms with E-state index in [0.717, 1.165) is 43.0 Å². The Morgan fingerprint density at radius 3 is 2.95 bits per heavy atom. The normalized spacial score (nSPS) is 22.7. The molecule has 0 aliphatic carbocycles. The van der Waals surface area contributed by atoms with E-state index < -0.39 is 0 Å². The molecule has 1 aromatic rings. The summed E-state index contributed by atoms with van der Waals surface area (Å²) in [7, 11) is 0. The molecule has 1 aliphatic rings. The predicted molar refractivity (Wildman–Crippen MR) is 79.0 cm³/mol. The van der Waals surface area contributed by atoms with Crippen LogP contribution in [0, 0.1) is 6.92 Å². The summed E-state index contributed by atoms with van der Waals surface area (Å²) in [6.07, 6.45) is 0.131. The molecule has 1 aliphatic heterocycles. The van der Waals surface area contributed by atoms with Crippen molar-refractivity contribution in [2.75, 3.05) is 19.7 Å². The lowest BCUT2D eigenvalue weighted by atomic mass is 10.1. The first kappa shape index (κ1) is 15.0. The molecule has 19 heavy (non-hydrogen) atoms. The number of nitrogens with two attached hydrogens (primary N) is 1. The van der Waals surface area contributed by atoms with Gasteiger partial charge in [-0.1, -0.05) is 0 Å². The number of hydrogen-bond acceptors (Lipinski definition) is 4. The van der Waals surface area contributed by atoms with E-state index in [-0.39, 0.29) is 12.1 Å². The summed E-state index contributed by atoms with van der Waals surface area (Å²) in [6.45, 7) is 10.5. The number of aryl methyl sites for hydroxylation is 2. The first-order valence-corrected chi connectivity index (χ1v) is 7.63. The Balaban J connectivity index is 2.08. The highest BCUT2D eigenvalue weighted by Crippen LogP contribution is 2.23. The highest BCUT2D eigenvalue weighted by Gasteiger charge is 2.25. The van der Waals surface area contributed by atoms with Crippen LogP contribution < -0.4 is 5.73 Å². The molecule has 0 saturated carbocycles. The van der Waals surface area contributed by atoms with Crippen molar-refractivity contribution >= 4 is 15.9 Å². The number of halogens is 1. The molecule has 6 heteroatoms. The van der Waals surface area contributed by atoms with Gasteiger partial charge in [0.2, 0.25) is 0 Å². The number of hydrogen-bond donors (Lipinski definition) is 1. The fraction of sp³-hybridized carbons (Fsp3) is 0.769. The summed E-state index contributed by atoms with van der Waals surface area (Å²) in [5.74, 6) is 0. The number of aromatic nitrogens is 2. The van der Waals surface area contributed by atoms with Crippen molar-refractivity contribution in [1.29, 1.82) is 0 Å².